The topological polar surface area (TPSA) is 0 Å². The van der Waals surface area contributed by atoms with E-state index in [-0.39, 0.29) is 0 Å². The number of rotatable bonds is 4. The zero-order chi connectivity index (χ0) is 30.9. The van der Waals surface area contributed by atoms with Crippen LogP contribution in [0.25, 0.3) is 75.8 Å². The number of benzene rings is 10. The van der Waals surface area contributed by atoms with Crippen molar-refractivity contribution in [1.29, 1.82) is 0 Å². The highest BCUT2D eigenvalue weighted by Gasteiger charge is 2.18. The number of hydrogen-bond donors (Lipinski definition) is 0. The van der Waals surface area contributed by atoms with Gasteiger partial charge in [-0.05, 0) is 86.9 Å². The quantitative estimate of drug-likeness (QED) is 0.141. The summed E-state index contributed by atoms with van der Waals surface area (Å²) in [5.41, 5.74) is 11.0. The van der Waals surface area contributed by atoms with E-state index in [0.29, 0.717) is 0 Å². The van der Waals surface area contributed by atoms with Crippen LogP contribution in [0, 0.1) is 0 Å². The summed E-state index contributed by atoms with van der Waals surface area (Å²) in [6.45, 7) is 0. The van der Waals surface area contributed by atoms with Crippen LogP contribution in [0.2, 0.25) is 0 Å². The summed E-state index contributed by atoms with van der Waals surface area (Å²) in [6, 6.07) is 62.1. The van der Waals surface area contributed by atoms with E-state index in [0.717, 1.165) is 22.3 Å². The minimum atomic E-state index is 1.09. The summed E-state index contributed by atoms with van der Waals surface area (Å²) in [6.07, 6.45) is 0. The van der Waals surface area contributed by atoms with Crippen molar-refractivity contribution in [3.8, 4) is 0 Å². The highest BCUT2D eigenvalue weighted by Crippen LogP contribution is 2.42. The van der Waals surface area contributed by atoms with Gasteiger partial charge in [0.1, 0.15) is 0 Å². The van der Waals surface area contributed by atoms with Crippen molar-refractivity contribution in [1.82, 2.24) is 0 Å². The van der Waals surface area contributed by atoms with Crippen LogP contribution in [0.3, 0.4) is 0 Å². The fourth-order valence-electron chi connectivity index (χ4n) is 7.83. The molecule has 0 unspecified atom stereocenters. The highest BCUT2D eigenvalue weighted by atomic mass is 14.2. The maximum atomic E-state index is 4.10. The van der Waals surface area contributed by atoms with E-state index in [9.17, 15) is 0 Å². The summed E-state index contributed by atoms with van der Waals surface area (Å²) in [7, 11) is 0. The van der Waals surface area contributed by atoms with Crippen LogP contribution >= 0.6 is 0 Å². The summed E-state index contributed by atoms with van der Waals surface area (Å²) >= 11 is 0. The lowest BCUT2D eigenvalue weighted by molar-refractivity contribution is 1.57. The minimum Gasteiger partial charge on any atom is -0.102 e. The van der Waals surface area contributed by atoms with E-state index < -0.39 is 0 Å². The smallest absolute Gasteiger partial charge is 0.0322 e. The molecule has 0 bridgehead atoms. The van der Waals surface area contributed by atoms with Crippen molar-refractivity contribution in [2.45, 2.75) is 0 Å². The molecule has 0 amide bonds. The zero-order valence-electron chi connectivity index (χ0n) is 25.7. The molecule has 0 atom stereocenters. The molecule has 47 heavy (non-hydrogen) atoms. The zero-order valence-corrected chi connectivity index (χ0v) is 25.7. The Hall–Kier alpha value is -6.20. The third-order valence-corrected chi connectivity index (χ3v) is 9.97. The predicted molar refractivity (Wildman–Crippen MR) is 202 cm³/mol. The molecule has 0 spiro atoms. The Morgan fingerprint density at radius 1 is 0.277 bits per heavy atom. The van der Waals surface area contributed by atoms with Crippen LogP contribution in [0.4, 0.5) is 0 Å². The van der Waals surface area contributed by atoms with E-state index >= 15 is 0 Å². The Labute approximate surface area is 272 Å². The average molecular weight is 593 g/mol. The molecule has 0 aliphatic heterocycles. The fourth-order valence-corrected chi connectivity index (χ4v) is 7.83. The van der Waals surface area contributed by atoms with Crippen LogP contribution in [0.5, 0.6) is 0 Å². The van der Waals surface area contributed by atoms with E-state index in [1.807, 2.05) is 0 Å². The van der Waals surface area contributed by atoms with Gasteiger partial charge in [0.2, 0.25) is 0 Å². The van der Waals surface area contributed by atoms with Gasteiger partial charge in [0, 0.05) is 11.1 Å². The molecule has 0 saturated heterocycles. The van der Waals surface area contributed by atoms with Gasteiger partial charge < -0.3 is 0 Å². The lowest BCUT2D eigenvalue weighted by atomic mass is 9.85. The molecular formula is C47H28. The monoisotopic (exact) mass is 592 g/mol. The van der Waals surface area contributed by atoms with Crippen molar-refractivity contribution < 1.29 is 0 Å². The van der Waals surface area contributed by atoms with Crippen LogP contribution in [-0.4, -0.2) is 0 Å². The molecule has 0 heterocycles. The van der Waals surface area contributed by atoms with Crippen LogP contribution in [-0.2, 0) is 0 Å². The van der Waals surface area contributed by atoms with Crippen LogP contribution < -0.4 is 0 Å². The van der Waals surface area contributed by atoms with Gasteiger partial charge in [0.15, 0.2) is 0 Å². The summed E-state index contributed by atoms with van der Waals surface area (Å²) in [5, 5.41) is 15.4. The van der Waals surface area contributed by atoms with Crippen molar-refractivity contribution in [3.63, 3.8) is 0 Å². The Kier molecular flexibility index (Phi) is 5.63. The van der Waals surface area contributed by atoms with Crippen molar-refractivity contribution in [2.75, 3.05) is 0 Å². The Bertz CT molecular complexity index is 2620. The van der Waals surface area contributed by atoms with E-state index in [1.165, 1.54) is 75.8 Å². The Morgan fingerprint density at radius 2 is 0.617 bits per heavy atom. The van der Waals surface area contributed by atoms with E-state index in [1.54, 1.807) is 0 Å². The summed E-state index contributed by atoms with van der Waals surface area (Å²) < 4.78 is 0. The lowest BCUT2D eigenvalue weighted by Crippen LogP contribution is -1.94. The van der Waals surface area contributed by atoms with Gasteiger partial charge >= 0.3 is 0 Å². The molecule has 0 aromatic heterocycles. The fraction of sp³-hybridized carbons (Fsp3) is 0. The normalized spacial score (nSPS) is 11.7. The highest BCUT2D eigenvalue weighted by molar-refractivity contribution is 6.26. The summed E-state index contributed by atoms with van der Waals surface area (Å²) in [5.74, 6) is 0. The van der Waals surface area contributed by atoms with E-state index in [2.05, 4.69) is 176 Å². The second-order valence-corrected chi connectivity index (χ2v) is 12.5. The third-order valence-electron chi connectivity index (χ3n) is 9.97. The molecule has 0 aliphatic rings. The molecule has 0 radical (unpaired) electrons. The van der Waals surface area contributed by atoms with Gasteiger partial charge in [-0.15, -0.1) is 5.73 Å². The predicted octanol–water partition coefficient (Wildman–Crippen LogP) is 12.6. The van der Waals surface area contributed by atoms with Gasteiger partial charge in [-0.1, -0.05) is 170 Å². The molecule has 0 aliphatic carbocycles. The summed E-state index contributed by atoms with van der Waals surface area (Å²) in [4.78, 5) is 0. The second kappa shape index (κ2) is 10.2. The maximum Gasteiger partial charge on any atom is 0.0322 e. The molecule has 10 rings (SSSR count). The van der Waals surface area contributed by atoms with Crippen LogP contribution in [0.15, 0.2) is 176 Å². The average Bonchev–Trinajstić information content (AvgIpc) is 3.14. The van der Waals surface area contributed by atoms with Crippen LogP contribution in [0.1, 0.15) is 22.3 Å². The van der Waals surface area contributed by atoms with Crippen molar-refractivity contribution in [3.05, 3.63) is 198 Å². The van der Waals surface area contributed by atoms with Gasteiger partial charge in [-0.25, -0.2) is 0 Å². The largest absolute Gasteiger partial charge is 0.102 e. The third kappa shape index (κ3) is 3.96. The molecular weight excluding hydrogens is 565 g/mol. The second-order valence-electron chi connectivity index (χ2n) is 12.5. The number of hydrogen-bond acceptors (Lipinski definition) is 0. The molecule has 10 aromatic carbocycles. The molecule has 0 saturated carbocycles. The lowest BCUT2D eigenvalue weighted by Gasteiger charge is -2.17. The first-order chi connectivity index (χ1) is 23.3. The minimum absolute atomic E-state index is 1.09. The first-order valence-electron chi connectivity index (χ1n) is 16.3. The first kappa shape index (κ1) is 26.1. The van der Waals surface area contributed by atoms with E-state index in [4.69, 9.17) is 0 Å². The molecule has 216 valence electrons. The van der Waals surface area contributed by atoms with Crippen molar-refractivity contribution in [2.24, 2.45) is 0 Å². The molecule has 0 N–H and O–H groups in total. The Morgan fingerprint density at radius 3 is 1.02 bits per heavy atom. The Balaban J connectivity index is 1.37. The van der Waals surface area contributed by atoms with Gasteiger partial charge in [-0.3, -0.25) is 0 Å². The van der Waals surface area contributed by atoms with Crippen molar-refractivity contribution >= 4 is 75.8 Å². The SMILES string of the molecule is C(=C(c1ccccc1)c1ccc2ccc3cccc4ccc1c2c34)=C(c1ccccc1)c1ccc2ccc3cccc4ccc1c2c34. The molecule has 0 nitrogen and oxygen atoms in total. The molecule has 0 heteroatoms. The standard InChI is InChI=1S/C47H28/c1-3-9-30(10-4-1)42(38-25-21-36-19-17-32-13-7-15-34-23-27-40(38)46(36)44(32)34)29-43(31-11-5-2-6-12-31)39-26-22-37-20-18-33-14-8-16-35-24-28-41(39)47(37)45(33)35/h1-28H. The van der Waals surface area contributed by atoms with Gasteiger partial charge in [-0.2, -0.15) is 0 Å². The maximum absolute atomic E-state index is 4.10. The molecule has 0 fully saturated rings. The molecule has 10 aromatic rings. The van der Waals surface area contributed by atoms with Gasteiger partial charge in [0.25, 0.3) is 0 Å². The van der Waals surface area contributed by atoms with Gasteiger partial charge in [0.05, 0.1) is 0 Å². The first-order valence-corrected chi connectivity index (χ1v) is 16.3.